The van der Waals surface area contributed by atoms with Crippen molar-refractivity contribution in [2.24, 2.45) is 11.8 Å². The third-order valence-electron chi connectivity index (χ3n) is 18.7. The molecule has 19 heteroatoms. The van der Waals surface area contributed by atoms with E-state index in [2.05, 4.69) is 41.5 Å². The number of aliphatic hydroxyl groups is 1. The van der Waals surface area contributed by atoms with Gasteiger partial charge in [0, 0.05) is 25.7 Å². The Morgan fingerprint density at radius 3 is 0.740 bits per heavy atom. The summed E-state index contributed by atoms with van der Waals surface area (Å²) in [6, 6.07) is 0. The van der Waals surface area contributed by atoms with Crippen LogP contribution in [0.1, 0.15) is 401 Å². The molecule has 0 saturated carbocycles. The number of aliphatic hydroxyl groups excluding tert-OH is 1. The van der Waals surface area contributed by atoms with Crippen LogP contribution in [0, 0.1) is 11.8 Å². The molecule has 0 amide bonds. The van der Waals surface area contributed by atoms with Crippen LogP contribution in [0.15, 0.2) is 0 Å². The summed E-state index contributed by atoms with van der Waals surface area (Å²) in [6.07, 6.45) is 56.7. The normalized spacial score (nSPS) is 14.6. The first-order valence-corrected chi connectivity index (χ1v) is 43.1. The first-order chi connectivity index (χ1) is 46.4. The summed E-state index contributed by atoms with van der Waals surface area (Å²) < 4.78 is 68.5. The summed E-state index contributed by atoms with van der Waals surface area (Å²) >= 11 is 0. The van der Waals surface area contributed by atoms with E-state index in [0.29, 0.717) is 25.7 Å². The second-order valence-corrected chi connectivity index (χ2v) is 31.1. The Hall–Kier alpha value is -1.94. The third-order valence-corrected chi connectivity index (χ3v) is 20.6. The predicted molar refractivity (Wildman–Crippen MR) is 391 cm³/mol. The van der Waals surface area contributed by atoms with E-state index in [0.717, 1.165) is 102 Å². The van der Waals surface area contributed by atoms with Gasteiger partial charge in [-0.1, -0.05) is 350 Å². The van der Waals surface area contributed by atoms with Crippen molar-refractivity contribution in [2.45, 2.75) is 419 Å². The first kappa shape index (κ1) is 94.1. The molecule has 0 aromatic carbocycles. The maximum atomic E-state index is 13.1. The third kappa shape index (κ3) is 67.9. The highest BCUT2D eigenvalue weighted by molar-refractivity contribution is 7.47. The van der Waals surface area contributed by atoms with Crippen LogP contribution in [-0.4, -0.2) is 96.7 Å². The smallest absolute Gasteiger partial charge is 0.462 e. The van der Waals surface area contributed by atoms with E-state index >= 15 is 0 Å². The minimum absolute atomic E-state index is 0.106. The van der Waals surface area contributed by atoms with Gasteiger partial charge in [0.15, 0.2) is 12.2 Å². The molecule has 0 fully saturated rings. The van der Waals surface area contributed by atoms with Crippen molar-refractivity contribution in [1.29, 1.82) is 0 Å². The van der Waals surface area contributed by atoms with Crippen LogP contribution < -0.4 is 0 Å². The van der Waals surface area contributed by atoms with Gasteiger partial charge in [0.1, 0.15) is 19.3 Å². The van der Waals surface area contributed by atoms with E-state index in [1.54, 1.807) is 0 Å². The van der Waals surface area contributed by atoms with Gasteiger partial charge in [0.25, 0.3) is 0 Å². The number of rotatable bonds is 76. The predicted octanol–water partition coefficient (Wildman–Crippen LogP) is 22.7. The zero-order valence-electron chi connectivity index (χ0n) is 62.7. The number of phosphoric ester groups is 2. The van der Waals surface area contributed by atoms with Gasteiger partial charge in [-0.3, -0.25) is 37.3 Å². The Morgan fingerprint density at radius 2 is 0.500 bits per heavy atom. The molecule has 17 nitrogen and oxygen atoms in total. The van der Waals surface area contributed by atoms with E-state index < -0.39 is 97.5 Å². The van der Waals surface area contributed by atoms with Crippen LogP contribution >= 0.6 is 15.6 Å². The highest BCUT2D eigenvalue weighted by atomic mass is 31.2. The van der Waals surface area contributed by atoms with Crippen LogP contribution in [-0.2, 0) is 65.4 Å². The molecule has 0 aliphatic heterocycles. The molecule has 0 saturated heterocycles. The number of ether oxygens (including phenoxy) is 4. The van der Waals surface area contributed by atoms with Crippen molar-refractivity contribution in [3.05, 3.63) is 0 Å². The molecule has 0 aromatic rings. The van der Waals surface area contributed by atoms with Crippen molar-refractivity contribution < 1.29 is 80.2 Å². The average Bonchev–Trinajstić information content (AvgIpc) is 1.13. The summed E-state index contributed by atoms with van der Waals surface area (Å²) in [5.74, 6) is -0.502. The first-order valence-electron chi connectivity index (χ1n) is 40.1. The van der Waals surface area contributed by atoms with Crippen LogP contribution in [0.5, 0.6) is 0 Å². The van der Waals surface area contributed by atoms with Crippen molar-refractivity contribution in [2.75, 3.05) is 39.6 Å². The minimum Gasteiger partial charge on any atom is -0.462 e. The summed E-state index contributed by atoms with van der Waals surface area (Å²) in [5.41, 5.74) is 0. The molecule has 0 aromatic heterocycles. The van der Waals surface area contributed by atoms with E-state index in [4.69, 9.17) is 37.0 Å². The summed E-state index contributed by atoms with van der Waals surface area (Å²) in [7, 11) is -9.91. The fraction of sp³-hybridized carbons (Fsp3) is 0.948. The minimum atomic E-state index is -4.96. The molecule has 4 unspecified atom stereocenters. The van der Waals surface area contributed by atoms with Crippen molar-refractivity contribution in [1.82, 2.24) is 0 Å². The highest BCUT2D eigenvalue weighted by Crippen LogP contribution is 2.45. The van der Waals surface area contributed by atoms with Gasteiger partial charge in [0.2, 0.25) is 0 Å². The molecule has 0 aliphatic rings. The fourth-order valence-electron chi connectivity index (χ4n) is 11.8. The summed E-state index contributed by atoms with van der Waals surface area (Å²) in [4.78, 5) is 72.8. The highest BCUT2D eigenvalue weighted by Gasteiger charge is 2.30. The van der Waals surface area contributed by atoms with Gasteiger partial charge in [0.05, 0.1) is 26.4 Å². The second kappa shape index (κ2) is 68.8. The molecular formula is C77H150O17P2. The number of carbonyl (C=O) groups excluding carboxylic acids is 4. The lowest BCUT2D eigenvalue weighted by Crippen LogP contribution is -2.30. The Balaban J connectivity index is 5.23. The second-order valence-electron chi connectivity index (χ2n) is 28.2. The van der Waals surface area contributed by atoms with Gasteiger partial charge >= 0.3 is 39.5 Å². The topological polar surface area (TPSA) is 237 Å². The molecule has 0 aliphatic carbocycles. The number of unbranched alkanes of at least 4 members (excludes halogenated alkanes) is 44. The quantitative estimate of drug-likeness (QED) is 0.0222. The molecule has 0 bridgehead atoms. The molecule has 7 atom stereocenters. The van der Waals surface area contributed by atoms with Gasteiger partial charge in [-0.05, 0) is 37.5 Å². The van der Waals surface area contributed by atoms with E-state index in [1.165, 1.54) is 218 Å². The average molecular weight is 1410 g/mol. The lowest BCUT2D eigenvalue weighted by Gasteiger charge is -2.21. The van der Waals surface area contributed by atoms with Gasteiger partial charge < -0.3 is 33.8 Å². The fourth-order valence-corrected chi connectivity index (χ4v) is 13.3. The number of esters is 4. The molecule has 96 heavy (non-hydrogen) atoms. The molecular weight excluding hydrogens is 1260 g/mol. The Bertz CT molecular complexity index is 1860. The monoisotopic (exact) mass is 1410 g/mol. The van der Waals surface area contributed by atoms with Crippen molar-refractivity contribution in [3.8, 4) is 0 Å². The standard InChI is InChI=1S/C77H150O17P2/c1-7-11-13-15-17-19-20-21-22-23-24-25-26-27-28-37-43-49-55-61-76(81)93-73(66-88-75(80)60-54-48-42-36-31-29-34-39-45-51-57-69(5)9-3)68-92-96(85,86)90-64-71(78)63-89-95(83,84)91-67-72(65-87-74(79)59-53-47-41-33-18-16-14-12-8-2)94-77(82)62-56-50-44-38-32-30-35-40-46-52-58-70(6)10-4/h69-73,78H,7-68H2,1-6H3,(H,83,84)(H,85,86)/t69?,70?,71-,72+,73+/m0/s1. The number of carbonyl (C=O) groups is 4. The molecule has 0 radical (unpaired) electrons. The van der Waals surface area contributed by atoms with Crippen LogP contribution in [0.4, 0.5) is 0 Å². The van der Waals surface area contributed by atoms with Crippen molar-refractivity contribution >= 4 is 39.5 Å². The molecule has 0 heterocycles. The maximum absolute atomic E-state index is 13.1. The lowest BCUT2D eigenvalue weighted by atomic mass is 9.99. The molecule has 0 spiro atoms. The zero-order valence-corrected chi connectivity index (χ0v) is 64.5. The Kier molecular flexibility index (Phi) is 67.4. The van der Waals surface area contributed by atoms with Gasteiger partial charge in [-0.2, -0.15) is 0 Å². The maximum Gasteiger partial charge on any atom is 0.472 e. The lowest BCUT2D eigenvalue weighted by molar-refractivity contribution is -0.161. The number of phosphoric acid groups is 2. The molecule has 3 N–H and O–H groups in total. The molecule has 0 rings (SSSR count). The summed E-state index contributed by atoms with van der Waals surface area (Å²) in [6.45, 7) is 9.64. The largest absolute Gasteiger partial charge is 0.472 e. The zero-order chi connectivity index (χ0) is 70.7. The van der Waals surface area contributed by atoms with Crippen LogP contribution in [0.25, 0.3) is 0 Å². The Morgan fingerprint density at radius 1 is 0.292 bits per heavy atom. The van der Waals surface area contributed by atoms with Gasteiger partial charge in [-0.15, -0.1) is 0 Å². The van der Waals surface area contributed by atoms with Crippen LogP contribution in [0.3, 0.4) is 0 Å². The van der Waals surface area contributed by atoms with Crippen LogP contribution in [0.2, 0.25) is 0 Å². The SMILES string of the molecule is CCCCCCCCCCCCCCCCCCCCCC(=O)O[C@H](COC(=O)CCCCCCCCCCCCC(C)CC)COP(=O)(O)OC[C@@H](O)COP(=O)(O)OC[C@@H](COC(=O)CCCCCCCCCCC)OC(=O)CCCCCCCCCCCCC(C)CC. The summed E-state index contributed by atoms with van der Waals surface area (Å²) in [5, 5.41) is 10.6. The van der Waals surface area contributed by atoms with E-state index in [-0.39, 0.29) is 25.7 Å². The number of hydrogen-bond donors (Lipinski definition) is 3. The Labute approximate surface area is 588 Å². The van der Waals surface area contributed by atoms with Gasteiger partial charge in [-0.25, -0.2) is 9.13 Å². The van der Waals surface area contributed by atoms with E-state index in [9.17, 15) is 43.2 Å². The number of hydrogen-bond acceptors (Lipinski definition) is 15. The van der Waals surface area contributed by atoms with Crippen molar-refractivity contribution in [3.63, 3.8) is 0 Å². The molecule has 570 valence electrons. The van der Waals surface area contributed by atoms with E-state index in [1.807, 2.05) is 0 Å².